The predicted molar refractivity (Wildman–Crippen MR) is 72.0 cm³/mol. The van der Waals surface area contributed by atoms with Gasteiger partial charge in [0.05, 0.1) is 6.61 Å². The van der Waals surface area contributed by atoms with Crippen LogP contribution in [0.25, 0.3) is 0 Å². The highest BCUT2D eigenvalue weighted by Crippen LogP contribution is 2.33. The molecule has 1 aliphatic heterocycles. The molecule has 1 N–H and O–H groups in total. The molecule has 1 aromatic rings. The summed E-state index contributed by atoms with van der Waals surface area (Å²) in [6.45, 7) is 1.80. The molecule has 1 heterocycles. The molecule has 0 unspecified atom stereocenters. The van der Waals surface area contributed by atoms with Crippen LogP contribution in [-0.2, 0) is 12.8 Å². The quantitative estimate of drug-likeness (QED) is 0.642. The van der Waals surface area contributed by atoms with E-state index in [9.17, 15) is 0 Å². The van der Waals surface area contributed by atoms with Crippen LogP contribution in [0.1, 0.15) is 17.5 Å². The van der Waals surface area contributed by atoms with Crippen molar-refractivity contribution in [1.29, 1.82) is 0 Å². The molecule has 2 nitrogen and oxygen atoms in total. The van der Waals surface area contributed by atoms with Gasteiger partial charge in [-0.3, -0.25) is 0 Å². The van der Waals surface area contributed by atoms with Gasteiger partial charge in [-0.05, 0) is 49.7 Å². The Morgan fingerprint density at radius 1 is 1.41 bits per heavy atom. The van der Waals surface area contributed by atoms with Gasteiger partial charge >= 0.3 is 0 Å². The summed E-state index contributed by atoms with van der Waals surface area (Å²) < 4.78 is 5.66. The number of hydrogen-bond acceptors (Lipinski definition) is 2. The first-order valence-corrected chi connectivity index (χ1v) is 6.42. The van der Waals surface area contributed by atoms with Crippen molar-refractivity contribution in [1.82, 2.24) is 5.32 Å². The van der Waals surface area contributed by atoms with Crippen molar-refractivity contribution >= 4 is 11.6 Å². The number of benzene rings is 1. The summed E-state index contributed by atoms with van der Waals surface area (Å²) in [5.74, 6) is 1.05. The van der Waals surface area contributed by atoms with Gasteiger partial charge in [0.2, 0.25) is 0 Å². The van der Waals surface area contributed by atoms with Crippen LogP contribution < -0.4 is 10.1 Å². The molecule has 1 aromatic carbocycles. The summed E-state index contributed by atoms with van der Waals surface area (Å²) in [4.78, 5) is 0. The molecule has 17 heavy (non-hydrogen) atoms. The zero-order valence-electron chi connectivity index (χ0n) is 10.1. The Hall–Kier alpha value is -0.990. The molecule has 3 heteroatoms. The van der Waals surface area contributed by atoms with Gasteiger partial charge in [0.15, 0.2) is 0 Å². The zero-order chi connectivity index (χ0) is 12.1. The highest BCUT2D eigenvalue weighted by Gasteiger charge is 2.16. The SMILES string of the molecule is CNCC/C=C/Cc1cc(Cl)cc2c1OCC2. The van der Waals surface area contributed by atoms with E-state index in [4.69, 9.17) is 16.3 Å². The Morgan fingerprint density at radius 2 is 2.29 bits per heavy atom. The monoisotopic (exact) mass is 251 g/mol. The topological polar surface area (TPSA) is 21.3 Å². The summed E-state index contributed by atoms with van der Waals surface area (Å²) in [6.07, 6.45) is 7.31. The fraction of sp³-hybridized carbons (Fsp3) is 0.429. The van der Waals surface area contributed by atoms with Gasteiger partial charge in [0.1, 0.15) is 5.75 Å². The minimum atomic E-state index is 0.784. The maximum atomic E-state index is 6.10. The Kier molecular flexibility index (Phi) is 4.46. The van der Waals surface area contributed by atoms with Crippen LogP contribution >= 0.6 is 11.6 Å². The van der Waals surface area contributed by atoms with E-state index in [-0.39, 0.29) is 0 Å². The molecule has 0 spiro atoms. The van der Waals surface area contributed by atoms with Crippen molar-refractivity contribution < 1.29 is 4.74 Å². The fourth-order valence-electron chi connectivity index (χ4n) is 2.05. The van der Waals surface area contributed by atoms with E-state index in [1.807, 2.05) is 19.2 Å². The molecule has 0 bridgehead atoms. The van der Waals surface area contributed by atoms with Crippen molar-refractivity contribution in [2.45, 2.75) is 19.3 Å². The molecular weight excluding hydrogens is 234 g/mol. The maximum Gasteiger partial charge on any atom is 0.126 e. The van der Waals surface area contributed by atoms with Crippen molar-refractivity contribution in [3.63, 3.8) is 0 Å². The Balaban J connectivity index is 2.03. The highest BCUT2D eigenvalue weighted by molar-refractivity contribution is 6.30. The molecular formula is C14H18ClNO. The van der Waals surface area contributed by atoms with E-state index >= 15 is 0 Å². The molecule has 0 fully saturated rings. The van der Waals surface area contributed by atoms with E-state index < -0.39 is 0 Å². The minimum absolute atomic E-state index is 0.784. The van der Waals surface area contributed by atoms with Crippen molar-refractivity contribution in [3.05, 3.63) is 40.4 Å². The summed E-state index contributed by atoms with van der Waals surface area (Å²) in [7, 11) is 1.96. The molecule has 0 radical (unpaired) electrons. The van der Waals surface area contributed by atoms with Crippen LogP contribution in [-0.4, -0.2) is 20.2 Å². The lowest BCUT2D eigenvalue weighted by molar-refractivity contribution is 0.354. The van der Waals surface area contributed by atoms with Crippen molar-refractivity contribution in [3.8, 4) is 5.75 Å². The molecule has 92 valence electrons. The molecule has 2 rings (SSSR count). The normalized spacial score (nSPS) is 14.0. The van der Waals surface area contributed by atoms with Crippen LogP contribution in [0.5, 0.6) is 5.75 Å². The van der Waals surface area contributed by atoms with Crippen LogP contribution in [0.15, 0.2) is 24.3 Å². The minimum Gasteiger partial charge on any atom is -0.493 e. The molecule has 0 saturated heterocycles. The Labute approximate surface area is 108 Å². The summed E-state index contributed by atoms with van der Waals surface area (Å²) in [6, 6.07) is 4.02. The number of ether oxygens (including phenoxy) is 1. The van der Waals surface area contributed by atoms with Gasteiger partial charge < -0.3 is 10.1 Å². The van der Waals surface area contributed by atoms with E-state index in [2.05, 4.69) is 17.5 Å². The van der Waals surface area contributed by atoms with Crippen LogP contribution in [0.4, 0.5) is 0 Å². The Morgan fingerprint density at radius 3 is 3.12 bits per heavy atom. The van der Waals surface area contributed by atoms with Gasteiger partial charge in [-0.2, -0.15) is 0 Å². The number of halogens is 1. The van der Waals surface area contributed by atoms with Gasteiger partial charge in [-0.1, -0.05) is 23.8 Å². The second-order valence-corrected chi connectivity index (χ2v) is 4.66. The fourth-order valence-corrected chi connectivity index (χ4v) is 2.32. The lowest BCUT2D eigenvalue weighted by atomic mass is 10.1. The Bertz CT molecular complexity index is 415. The summed E-state index contributed by atoms with van der Waals surface area (Å²) in [5, 5.41) is 3.93. The van der Waals surface area contributed by atoms with Crippen molar-refractivity contribution in [2.75, 3.05) is 20.2 Å². The number of allylic oxidation sites excluding steroid dienone is 1. The van der Waals surface area contributed by atoms with E-state index in [1.165, 1.54) is 11.1 Å². The molecule has 0 aliphatic carbocycles. The first-order chi connectivity index (χ1) is 8.31. The summed E-state index contributed by atoms with van der Waals surface area (Å²) >= 11 is 6.10. The van der Waals surface area contributed by atoms with Crippen LogP contribution in [0, 0.1) is 0 Å². The lowest BCUT2D eigenvalue weighted by Gasteiger charge is -2.06. The third-order valence-corrected chi connectivity index (χ3v) is 3.11. The molecule has 0 atom stereocenters. The van der Waals surface area contributed by atoms with Gasteiger partial charge in [0, 0.05) is 11.4 Å². The van der Waals surface area contributed by atoms with Gasteiger partial charge in [0.25, 0.3) is 0 Å². The van der Waals surface area contributed by atoms with Crippen molar-refractivity contribution in [2.24, 2.45) is 0 Å². The standard InChI is InChI=1S/C14H18ClNO/c1-16-7-4-2-3-5-11-9-13(15)10-12-6-8-17-14(11)12/h2-3,9-10,16H,4-8H2,1H3/b3-2+. The second-order valence-electron chi connectivity index (χ2n) is 4.22. The zero-order valence-corrected chi connectivity index (χ0v) is 10.9. The third-order valence-electron chi connectivity index (χ3n) is 2.89. The summed E-state index contributed by atoms with van der Waals surface area (Å²) in [5.41, 5.74) is 2.45. The number of rotatable bonds is 5. The number of fused-ring (bicyclic) bond motifs is 1. The highest BCUT2D eigenvalue weighted by atomic mass is 35.5. The maximum absolute atomic E-state index is 6.10. The van der Waals surface area contributed by atoms with Gasteiger partial charge in [-0.15, -0.1) is 0 Å². The number of nitrogens with one attached hydrogen (secondary N) is 1. The average molecular weight is 252 g/mol. The molecule has 0 amide bonds. The predicted octanol–water partition coefficient (Wildman–Crippen LogP) is 2.98. The number of hydrogen-bond donors (Lipinski definition) is 1. The first kappa shape index (κ1) is 12.5. The lowest BCUT2D eigenvalue weighted by Crippen LogP contribution is -2.05. The molecule has 0 saturated carbocycles. The van der Waals surface area contributed by atoms with Crippen LogP contribution in [0.3, 0.4) is 0 Å². The second kappa shape index (κ2) is 6.08. The van der Waals surface area contributed by atoms with Gasteiger partial charge in [-0.25, -0.2) is 0 Å². The molecule has 1 aliphatic rings. The largest absolute Gasteiger partial charge is 0.493 e. The van der Waals surface area contributed by atoms with E-state index in [0.29, 0.717) is 0 Å². The van der Waals surface area contributed by atoms with E-state index in [1.54, 1.807) is 0 Å². The average Bonchev–Trinajstić information content (AvgIpc) is 2.76. The van der Waals surface area contributed by atoms with E-state index in [0.717, 1.165) is 43.2 Å². The molecule has 0 aromatic heterocycles. The van der Waals surface area contributed by atoms with Crippen LogP contribution in [0.2, 0.25) is 5.02 Å². The third kappa shape index (κ3) is 3.24. The first-order valence-electron chi connectivity index (χ1n) is 6.05. The smallest absolute Gasteiger partial charge is 0.126 e.